The number of ether oxygens (including phenoxy) is 3. The van der Waals surface area contributed by atoms with E-state index in [4.69, 9.17) is 19.3 Å². The van der Waals surface area contributed by atoms with Crippen molar-refractivity contribution >= 4 is 22.4 Å². The maximum Gasteiger partial charge on any atom is 0.238 e. The molecule has 0 fully saturated rings. The first-order chi connectivity index (χ1) is 21.9. The van der Waals surface area contributed by atoms with Crippen LogP contribution in [0.5, 0.6) is 17.2 Å². The van der Waals surface area contributed by atoms with Crippen LogP contribution in [0.1, 0.15) is 22.3 Å². The topological polar surface area (TPSA) is 91.1 Å². The van der Waals surface area contributed by atoms with E-state index < -0.39 is 10.0 Å². The Balaban J connectivity index is 0.00000480. The van der Waals surface area contributed by atoms with Gasteiger partial charge in [0, 0.05) is 19.6 Å². The molecule has 7 nitrogen and oxygen atoms in total. The molecule has 0 radical (unpaired) electrons. The lowest BCUT2D eigenvalue weighted by molar-refractivity contribution is 0.204. The zero-order valence-corrected chi connectivity index (χ0v) is 27.2. The fourth-order valence-corrected chi connectivity index (χ4v) is 5.34. The van der Waals surface area contributed by atoms with Crippen molar-refractivity contribution in [1.82, 2.24) is 4.90 Å². The van der Waals surface area contributed by atoms with Crippen molar-refractivity contribution in [3.8, 4) is 17.2 Å². The maximum atomic E-state index is 11.6. The van der Waals surface area contributed by atoms with Gasteiger partial charge >= 0.3 is 0 Å². The van der Waals surface area contributed by atoms with E-state index in [1.54, 1.807) is 12.1 Å². The van der Waals surface area contributed by atoms with Crippen LogP contribution in [0, 0.1) is 0 Å². The van der Waals surface area contributed by atoms with Gasteiger partial charge in [0.2, 0.25) is 10.0 Å². The third-order valence-corrected chi connectivity index (χ3v) is 8.21. The minimum absolute atomic E-state index is 0. The standard InChI is InChI=1S/C37H38N2O5S.ClH/c38-45(40,41)35-19-17-34(18-20-35)42-25-24-39(27-31-10-4-1-5-11-31)23-22-30-16-21-36(43-28-32-12-6-2-7-13-32)37(26-30)44-29-33-14-8-3-9-15-33;/h1-21,26H,22-25,27-29H2,(H2,38,40,41);1H. The van der Waals surface area contributed by atoms with Crippen molar-refractivity contribution in [3.05, 3.63) is 156 Å². The first-order valence-electron chi connectivity index (χ1n) is 14.9. The van der Waals surface area contributed by atoms with Gasteiger partial charge in [0.05, 0.1) is 4.90 Å². The second-order valence-electron chi connectivity index (χ2n) is 10.7. The highest BCUT2D eigenvalue weighted by atomic mass is 35.5. The summed E-state index contributed by atoms with van der Waals surface area (Å²) in [6.45, 7) is 3.59. The summed E-state index contributed by atoms with van der Waals surface area (Å²) in [7, 11) is -3.74. The second-order valence-corrected chi connectivity index (χ2v) is 12.3. The van der Waals surface area contributed by atoms with Crippen LogP contribution in [0.3, 0.4) is 0 Å². The van der Waals surface area contributed by atoms with Gasteiger partial charge in [-0.2, -0.15) is 0 Å². The molecule has 5 aromatic rings. The van der Waals surface area contributed by atoms with Crippen molar-refractivity contribution in [2.45, 2.75) is 31.1 Å². The molecular formula is C37H39ClN2O5S. The molecule has 9 heteroatoms. The Morgan fingerprint density at radius 3 is 1.67 bits per heavy atom. The number of halogens is 1. The smallest absolute Gasteiger partial charge is 0.238 e. The number of hydrogen-bond donors (Lipinski definition) is 1. The second kappa shape index (κ2) is 17.4. The van der Waals surface area contributed by atoms with E-state index in [1.165, 1.54) is 17.7 Å². The van der Waals surface area contributed by atoms with Crippen molar-refractivity contribution in [3.63, 3.8) is 0 Å². The quantitative estimate of drug-likeness (QED) is 0.122. The summed E-state index contributed by atoms with van der Waals surface area (Å²) in [5.41, 5.74) is 4.54. The van der Waals surface area contributed by atoms with Crippen LogP contribution < -0.4 is 19.3 Å². The number of sulfonamides is 1. The SMILES string of the molecule is Cl.NS(=O)(=O)c1ccc(OCCN(CCc2ccc(OCc3ccccc3)c(OCc3ccccc3)c2)Cc2ccccc2)cc1. The number of rotatable bonds is 16. The van der Waals surface area contributed by atoms with Crippen LogP contribution in [0.4, 0.5) is 0 Å². The molecule has 2 N–H and O–H groups in total. The van der Waals surface area contributed by atoms with Crippen LogP contribution in [-0.2, 0) is 36.2 Å². The maximum absolute atomic E-state index is 11.6. The Kier molecular flexibility index (Phi) is 13.0. The lowest BCUT2D eigenvalue weighted by Gasteiger charge is -2.23. The number of hydrogen-bond acceptors (Lipinski definition) is 6. The first-order valence-corrected chi connectivity index (χ1v) is 16.5. The largest absolute Gasteiger partial charge is 0.492 e. The van der Waals surface area contributed by atoms with E-state index in [0.29, 0.717) is 43.6 Å². The molecule has 0 aliphatic carbocycles. The molecule has 0 unspecified atom stereocenters. The summed E-state index contributed by atoms with van der Waals surface area (Å²) in [5, 5.41) is 5.21. The van der Waals surface area contributed by atoms with Gasteiger partial charge in [0.15, 0.2) is 11.5 Å². The summed E-state index contributed by atoms with van der Waals surface area (Å²) >= 11 is 0. The molecule has 0 aromatic heterocycles. The molecule has 5 rings (SSSR count). The molecule has 0 atom stereocenters. The summed E-state index contributed by atoms with van der Waals surface area (Å²) in [4.78, 5) is 2.40. The molecule has 0 spiro atoms. The van der Waals surface area contributed by atoms with Crippen LogP contribution in [0.15, 0.2) is 138 Å². The van der Waals surface area contributed by atoms with Gasteiger partial charge in [0.25, 0.3) is 0 Å². The van der Waals surface area contributed by atoms with Gasteiger partial charge in [-0.05, 0) is 65.1 Å². The van der Waals surface area contributed by atoms with E-state index in [2.05, 4.69) is 29.2 Å². The molecule has 0 saturated heterocycles. The van der Waals surface area contributed by atoms with E-state index in [0.717, 1.165) is 36.2 Å². The number of primary sulfonamides is 1. The van der Waals surface area contributed by atoms with Crippen LogP contribution in [0.25, 0.3) is 0 Å². The lowest BCUT2D eigenvalue weighted by atomic mass is 10.1. The first kappa shape index (κ1) is 34.5. The lowest BCUT2D eigenvalue weighted by Crippen LogP contribution is -2.30. The third kappa shape index (κ3) is 10.9. The minimum atomic E-state index is -3.74. The Bertz CT molecular complexity index is 1720. The fraction of sp³-hybridized carbons (Fsp3) is 0.189. The molecule has 0 aliphatic rings. The van der Waals surface area contributed by atoms with E-state index >= 15 is 0 Å². The van der Waals surface area contributed by atoms with Crippen molar-refractivity contribution in [2.75, 3.05) is 19.7 Å². The fourth-order valence-electron chi connectivity index (χ4n) is 4.83. The number of nitrogens with zero attached hydrogens (tertiary/aromatic N) is 1. The monoisotopic (exact) mass is 658 g/mol. The molecule has 0 amide bonds. The molecule has 0 bridgehead atoms. The van der Waals surface area contributed by atoms with E-state index in [-0.39, 0.29) is 17.3 Å². The number of benzene rings is 5. The van der Waals surface area contributed by atoms with Crippen molar-refractivity contribution in [2.24, 2.45) is 5.14 Å². The van der Waals surface area contributed by atoms with Crippen molar-refractivity contribution < 1.29 is 22.6 Å². The average Bonchev–Trinajstić information content (AvgIpc) is 3.07. The van der Waals surface area contributed by atoms with Crippen LogP contribution >= 0.6 is 12.4 Å². The molecule has 0 saturated carbocycles. The van der Waals surface area contributed by atoms with Gasteiger partial charge in [-0.15, -0.1) is 12.4 Å². The summed E-state index contributed by atoms with van der Waals surface area (Å²) < 4.78 is 41.6. The summed E-state index contributed by atoms with van der Waals surface area (Å²) in [6, 6.07) is 42.9. The third-order valence-electron chi connectivity index (χ3n) is 7.28. The molecule has 0 heterocycles. The van der Waals surface area contributed by atoms with E-state index in [1.807, 2.05) is 84.9 Å². The van der Waals surface area contributed by atoms with Crippen LogP contribution in [-0.4, -0.2) is 33.0 Å². The summed E-state index contributed by atoms with van der Waals surface area (Å²) in [5.74, 6) is 2.02. The molecule has 0 aliphatic heterocycles. The molecular weight excluding hydrogens is 620 g/mol. The predicted molar refractivity (Wildman–Crippen MR) is 184 cm³/mol. The normalized spacial score (nSPS) is 11.1. The number of nitrogens with two attached hydrogens (primary N) is 1. The van der Waals surface area contributed by atoms with Gasteiger partial charge < -0.3 is 14.2 Å². The molecule has 240 valence electrons. The highest BCUT2D eigenvalue weighted by molar-refractivity contribution is 7.89. The highest BCUT2D eigenvalue weighted by Gasteiger charge is 2.12. The van der Waals surface area contributed by atoms with Crippen LogP contribution in [0.2, 0.25) is 0 Å². The Labute approximate surface area is 278 Å². The Hall–Kier alpha value is -4.34. The zero-order valence-electron chi connectivity index (χ0n) is 25.5. The van der Waals surface area contributed by atoms with Crippen molar-refractivity contribution in [1.29, 1.82) is 0 Å². The predicted octanol–water partition coefficient (Wildman–Crippen LogP) is 7.04. The Morgan fingerprint density at radius 1 is 0.565 bits per heavy atom. The molecule has 5 aromatic carbocycles. The van der Waals surface area contributed by atoms with E-state index in [9.17, 15) is 8.42 Å². The van der Waals surface area contributed by atoms with Gasteiger partial charge in [-0.3, -0.25) is 4.90 Å². The Morgan fingerprint density at radius 2 is 1.11 bits per heavy atom. The highest BCUT2D eigenvalue weighted by Crippen LogP contribution is 2.30. The minimum Gasteiger partial charge on any atom is -0.492 e. The van der Waals surface area contributed by atoms with Gasteiger partial charge in [-0.25, -0.2) is 13.6 Å². The van der Waals surface area contributed by atoms with Gasteiger partial charge in [0.1, 0.15) is 25.6 Å². The average molecular weight is 659 g/mol. The zero-order chi connectivity index (χ0) is 31.3. The molecule has 46 heavy (non-hydrogen) atoms. The summed E-state index contributed by atoms with van der Waals surface area (Å²) in [6.07, 6.45) is 0.802. The van der Waals surface area contributed by atoms with Gasteiger partial charge in [-0.1, -0.05) is 97.1 Å².